The van der Waals surface area contributed by atoms with Gasteiger partial charge in [0.15, 0.2) is 0 Å². The Morgan fingerprint density at radius 3 is 2.79 bits per heavy atom. The fraction of sp³-hybridized carbons (Fsp3) is 0.167. The Labute approximate surface area is 124 Å². The van der Waals surface area contributed by atoms with Crippen LogP contribution in [0.1, 0.15) is 10.4 Å². The molecule has 0 fully saturated rings. The predicted molar refractivity (Wildman–Crippen MR) is 81.6 cm³/mol. The highest BCUT2D eigenvalue weighted by atomic mass is 79.9. The van der Waals surface area contributed by atoms with E-state index >= 15 is 0 Å². The number of halogens is 1. The highest BCUT2D eigenvalue weighted by Gasteiger charge is 2.17. The van der Waals surface area contributed by atoms with E-state index in [1.54, 1.807) is 25.1 Å². The third-order valence-corrected chi connectivity index (χ3v) is 5.92. The van der Waals surface area contributed by atoms with Crippen LogP contribution in [-0.4, -0.2) is 8.42 Å². The van der Waals surface area contributed by atoms with Gasteiger partial charge in [-0.1, -0.05) is 6.07 Å². The summed E-state index contributed by atoms with van der Waals surface area (Å²) >= 11 is 4.83. The van der Waals surface area contributed by atoms with Crippen molar-refractivity contribution in [3.63, 3.8) is 0 Å². The summed E-state index contributed by atoms with van der Waals surface area (Å²) in [5.41, 5.74) is 6.78. The first-order chi connectivity index (χ1) is 8.90. The van der Waals surface area contributed by atoms with Gasteiger partial charge >= 0.3 is 0 Å². The molecule has 1 aromatic heterocycles. The van der Waals surface area contributed by atoms with Gasteiger partial charge in [0.2, 0.25) is 10.0 Å². The average Bonchev–Trinajstić information content (AvgIpc) is 2.76. The Hall–Kier alpha value is -0.890. The van der Waals surface area contributed by atoms with Crippen molar-refractivity contribution < 1.29 is 8.42 Å². The third-order valence-electron chi connectivity index (χ3n) is 2.67. The van der Waals surface area contributed by atoms with Crippen molar-refractivity contribution in [2.45, 2.75) is 18.4 Å². The number of hydrogen-bond acceptors (Lipinski definition) is 4. The van der Waals surface area contributed by atoms with E-state index in [0.29, 0.717) is 11.3 Å². The summed E-state index contributed by atoms with van der Waals surface area (Å²) in [6, 6.07) is 6.77. The molecule has 0 radical (unpaired) electrons. The molecule has 0 aliphatic rings. The van der Waals surface area contributed by atoms with Gasteiger partial charge in [-0.05, 0) is 46.6 Å². The Kier molecular flexibility index (Phi) is 4.29. The molecule has 0 aliphatic carbocycles. The molecule has 0 unspecified atom stereocenters. The number of anilines is 1. The van der Waals surface area contributed by atoms with Gasteiger partial charge in [0.25, 0.3) is 0 Å². The molecule has 0 amide bonds. The molecule has 4 nitrogen and oxygen atoms in total. The van der Waals surface area contributed by atoms with Crippen LogP contribution < -0.4 is 10.5 Å². The van der Waals surface area contributed by atoms with E-state index in [2.05, 4.69) is 20.7 Å². The highest BCUT2D eigenvalue weighted by molar-refractivity contribution is 9.10. The van der Waals surface area contributed by atoms with E-state index in [1.165, 1.54) is 11.3 Å². The molecular formula is C12H13BrN2O2S2. The number of benzene rings is 1. The van der Waals surface area contributed by atoms with E-state index in [4.69, 9.17) is 5.73 Å². The molecule has 0 saturated heterocycles. The van der Waals surface area contributed by atoms with Gasteiger partial charge in [0, 0.05) is 27.0 Å². The SMILES string of the molecule is Cc1c(N)cccc1S(=O)(=O)NCc1cc(Br)cs1. The van der Waals surface area contributed by atoms with Crippen LogP contribution in [-0.2, 0) is 16.6 Å². The van der Waals surface area contributed by atoms with Gasteiger partial charge in [-0.3, -0.25) is 0 Å². The van der Waals surface area contributed by atoms with Crippen molar-refractivity contribution in [2.75, 3.05) is 5.73 Å². The van der Waals surface area contributed by atoms with Crippen molar-refractivity contribution in [1.82, 2.24) is 4.72 Å². The molecule has 1 heterocycles. The van der Waals surface area contributed by atoms with Gasteiger partial charge in [-0.25, -0.2) is 13.1 Å². The third kappa shape index (κ3) is 3.36. The van der Waals surface area contributed by atoms with Crippen molar-refractivity contribution in [3.05, 3.63) is 44.6 Å². The lowest BCUT2D eigenvalue weighted by molar-refractivity contribution is 0.581. The minimum atomic E-state index is -3.54. The van der Waals surface area contributed by atoms with E-state index in [9.17, 15) is 8.42 Å². The van der Waals surface area contributed by atoms with E-state index < -0.39 is 10.0 Å². The van der Waals surface area contributed by atoms with E-state index in [-0.39, 0.29) is 11.4 Å². The van der Waals surface area contributed by atoms with Crippen LogP contribution in [0.5, 0.6) is 0 Å². The van der Waals surface area contributed by atoms with Gasteiger partial charge in [-0.15, -0.1) is 11.3 Å². The molecule has 102 valence electrons. The molecule has 7 heteroatoms. The largest absolute Gasteiger partial charge is 0.398 e. The molecular weight excluding hydrogens is 348 g/mol. The number of rotatable bonds is 4. The van der Waals surface area contributed by atoms with Crippen molar-refractivity contribution >= 4 is 43.0 Å². The monoisotopic (exact) mass is 360 g/mol. The second kappa shape index (κ2) is 5.62. The molecule has 1 aromatic carbocycles. The molecule has 0 atom stereocenters. The molecule has 2 aromatic rings. The lowest BCUT2D eigenvalue weighted by Crippen LogP contribution is -2.23. The van der Waals surface area contributed by atoms with Gasteiger partial charge in [-0.2, -0.15) is 0 Å². The summed E-state index contributed by atoms with van der Waals surface area (Å²) in [5, 5.41) is 1.91. The van der Waals surface area contributed by atoms with Crippen LogP contribution in [0.15, 0.2) is 39.0 Å². The van der Waals surface area contributed by atoms with Gasteiger partial charge < -0.3 is 5.73 Å². The molecule has 0 bridgehead atoms. The summed E-state index contributed by atoms with van der Waals surface area (Å²) < 4.78 is 28.0. The molecule has 19 heavy (non-hydrogen) atoms. The standard InChI is InChI=1S/C12H13BrN2O2S2/c1-8-11(14)3-2-4-12(8)19(16,17)15-6-10-5-9(13)7-18-10/h2-5,7,15H,6,14H2,1H3. The predicted octanol–water partition coefficient (Wildman–Crippen LogP) is 2.88. The Bertz CT molecular complexity index is 696. The topological polar surface area (TPSA) is 72.2 Å². The van der Waals surface area contributed by atoms with Gasteiger partial charge in [0.1, 0.15) is 0 Å². The fourth-order valence-corrected chi connectivity index (χ4v) is 4.37. The maximum absolute atomic E-state index is 12.2. The van der Waals surface area contributed by atoms with Crippen LogP contribution in [0.3, 0.4) is 0 Å². The van der Waals surface area contributed by atoms with E-state index in [1.807, 2.05) is 11.4 Å². The molecule has 2 rings (SSSR count). The van der Waals surface area contributed by atoms with Crippen LogP contribution >= 0.6 is 27.3 Å². The lowest BCUT2D eigenvalue weighted by atomic mass is 10.2. The van der Waals surface area contributed by atoms with Crippen LogP contribution in [0, 0.1) is 6.92 Å². The molecule has 0 aliphatic heterocycles. The maximum atomic E-state index is 12.2. The number of sulfonamides is 1. The Balaban J connectivity index is 2.21. The number of hydrogen-bond donors (Lipinski definition) is 2. The minimum Gasteiger partial charge on any atom is -0.398 e. The maximum Gasteiger partial charge on any atom is 0.241 e. The first-order valence-corrected chi connectivity index (χ1v) is 8.63. The first-order valence-electron chi connectivity index (χ1n) is 5.48. The normalized spacial score (nSPS) is 11.7. The average molecular weight is 361 g/mol. The molecule has 0 saturated carbocycles. The van der Waals surface area contributed by atoms with E-state index in [0.717, 1.165) is 9.35 Å². The zero-order valence-corrected chi connectivity index (χ0v) is 13.4. The lowest BCUT2D eigenvalue weighted by Gasteiger charge is -2.10. The minimum absolute atomic E-state index is 0.225. The number of nitrogens with one attached hydrogen (secondary N) is 1. The first kappa shape index (κ1) is 14.5. The van der Waals surface area contributed by atoms with Crippen LogP contribution in [0.25, 0.3) is 0 Å². The zero-order valence-electron chi connectivity index (χ0n) is 10.2. The van der Waals surface area contributed by atoms with Crippen molar-refractivity contribution in [2.24, 2.45) is 0 Å². The number of nitrogen functional groups attached to an aromatic ring is 1. The van der Waals surface area contributed by atoms with Crippen LogP contribution in [0.2, 0.25) is 0 Å². The summed E-state index contributed by atoms with van der Waals surface area (Å²) in [5.74, 6) is 0. The highest BCUT2D eigenvalue weighted by Crippen LogP contribution is 2.22. The number of thiophene rings is 1. The van der Waals surface area contributed by atoms with Crippen LogP contribution in [0.4, 0.5) is 5.69 Å². The summed E-state index contributed by atoms with van der Waals surface area (Å²) in [7, 11) is -3.54. The summed E-state index contributed by atoms with van der Waals surface area (Å²) in [6.45, 7) is 1.97. The van der Waals surface area contributed by atoms with Crippen molar-refractivity contribution in [3.8, 4) is 0 Å². The Morgan fingerprint density at radius 1 is 1.42 bits per heavy atom. The quantitative estimate of drug-likeness (QED) is 0.823. The molecule has 3 N–H and O–H groups in total. The number of nitrogens with two attached hydrogens (primary N) is 1. The van der Waals surface area contributed by atoms with Crippen molar-refractivity contribution in [1.29, 1.82) is 0 Å². The smallest absolute Gasteiger partial charge is 0.241 e. The Morgan fingerprint density at radius 2 is 2.16 bits per heavy atom. The zero-order chi connectivity index (χ0) is 14.0. The second-order valence-electron chi connectivity index (χ2n) is 4.03. The summed E-state index contributed by atoms with van der Waals surface area (Å²) in [4.78, 5) is 1.17. The summed E-state index contributed by atoms with van der Waals surface area (Å²) in [6.07, 6.45) is 0. The fourth-order valence-electron chi connectivity index (χ4n) is 1.61. The second-order valence-corrected chi connectivity index (χ2v) is 7.67. The van der Waals surface area contributed by atoms with Gasteiger partial charge in [0.05, 0.1) is 4.90 Å². The molecule has 0 spiro atoms.